The Bertz CT molecular complexity index is 1550. The van der Waals surface area contributed by atoms with E-state index in [9.17, 15) is 0 Å². The Kier molecular flexibility index (Phi) is 49.0. The van der Waals surface area contributed by atoms with Gasteiger partial charge in [-0.2, -0.15) is 0 Å². The van der Waals surface area contributed by atoms with Crippen LogP contribution in [-0.2, 0) is 193 Å². The summed E-state index contributed by atoms with van der Waals surface area (Å²) in [6.07, 6.45) is 0. The molecule has 0 aliphatic carbocycles. The van der Waals surface area contributed by atoms with Crippen LogP contribution >= 0.6 is 96.3 Å². The summed E-state index contributed by atoms with van der Waals surface area (Å²) in [5.41, 5.74) is -1.36. The van der Waals surface area contributed by atoms with E-state index in [0.29, 0.717) is 0 Å². The Morgan fingerprint density at radius 1 is 0.203 bits per heavy atom. The number of hydrogen-bond donors (Lipinski definition) is 0. The molecule has 0 fully saturated rings. The van der Waals surface area contributed by atoms with Crippen LogP contribution < -0.4 is 0 Å². The molecule has 6 unspecified atom stereocenters. The van der Waals surface area contributed by atoms with Crippen LogP contribution in [0.15, 0.2) is 0 Å². The predicted octanol–water partition coefficient (Wildman–Crippen LogP) is 24.6. The zero-order valence-electron chi connectivity index (χ0n) is 54.9. The summed E-state index contributed by atoms with van der Waals surface area (Å²) in [6.45, 7) is 73.8. The van der Waals surface area contributed by atoms with Crippen molar-refractivity contribution in [2.24, 2.45) is 0 Å². The molecule has 480 valence electrons. The van der Waals surface area contributed by atoms with Gasteiger partial charge in [0.15, 0.2) is 0 Å². The zero-order valence-corrected chi connectivity index (χ0v) is 77.0. The first-order valence-electron chi connectivity index (χ1n) is 24.8. The molecule has 0 saturated heterocycles. The first-order valence-corrected chi connectivity index (χ1v) is 55.8. The second-order valence-electron chi connectivity index (χ2n) is 29.1. The van der Waals surface area contributed by atoms with E-state index in [0.717, 1.165) is 0 Å². The van der Waals surface area contributed by atoms with Crippen molar-refractivity contribution in [3.63, 3.8) is 0 Å². The molecular weight excluding hydrogens is 1530 g/mol. The minimum Gasteiger partial charge on any atom is -0.709 e. The summed E-state index contributed by atoms with van der Waals surface area (Å²) in [7, 11) is 0. The van der Waals surface area contributed by atoms with Crippen molar-refractivity contribution in [2.45, 2.75) is 311 Å². The van der Waals surface area contributed by atoms with Crippen molar-refractivity contribution < 1.29 is 48.2 Å². The molecular formula is C48H108MoO6P6S18. The van der Waals surface area contributed by atoms with Crippen LogP contribution in [0.4, 0.5) is 0 Å². The Balaban J connectivity index is -0.000000157. The van der Waals surface area contributed by atoms with Crippen molar-refractivity contribution in [2.75, 3.05) is 0 Å². The zero-order chi connectivity index (χ0) is 65.5. The maximum Gasteiger partial charge on any atom is 6.00 e. The van der Waals surface area contributed by atoms with Crippen molar-refractivity contribution in [1.82, 2.24) is 0 Å². The molecule has 0 aliphatic heterocycles. The molecule has 0 bridgehead atoms. The number of hydrogen-bond acceptors (Lipinski definition) is 24. The maximum absolute atomic E-state index is 5.70. The molecule has 0 saturated carbocycles. The van der Waals surface area contributed by atoms with Gasteiger partial charge in [-0.05, 0) is 153 Å². The molecule has 0 N–H and O–H groups in total. The van der Waals surface area contributed by atoms with E-state index in [1.165, 1.54) is 0 Å². The Morgan fingerprint density at radius 3 is 0.304 bits per heavy atom. The second-order valence-corrected chi connectivity index (χ2v) is 87.6. The Labute approximate surface area is 592 Å². The molecule has 79 heavy (non-hydrogen) atoms. The molecule has 6 nitrogen and oxygen atoms in total. The third-order valence-electron chi connectivity index (χ3n) is 4.63. The third kappa shape index (κ3) is 95.4. The molecule has 0 rings (SSSR count). The minimum atomic E-state index is -2.10. The molecule has 6 atom stereocenters. The van der Waals surface area contributed by atoms with Crippen LogP contribution in [0.5, 0.6) is 0 Å². The van der Waals surface area contributed by atoms with Gasteiger partial charge >= 0.3 is 21.1 Å². The van der Waals surface area contributed by atoms with Gasteiger partial charge in [0.25, 0.3) is 0 Å². The fourth-order valence-corrected chi connectivity index (χ4v) is 61.4. The van der Waals surface area contributed by atoms with Crippen LogP contribution in [-0.4, -0.2) is 62.1 Å². The van der Waals surface area contributed by atoms with Gasteiger partial charge in [0, 0.05) is 28.5 Å². The van der Waals surface area contributed by atoms with Gasteiger partial charge in [0.2, 0.25) is 0 Å². The maximum atomic E-state index is 5.70. The normalized spacial score (nSPS) is 18.2. The van der Waals surface area contributed by atoms with Crippen molar-refractivity contribution in [3.8, 4) is 0 Å². The summed E-state index contributed by atoms with van der Waals surface area (Å²) < 4.78 is 22.1. The van der Waals surface area contributed by atoms with Gasteiger partial charge < -0.3 is 101 Å². The van der Waals surface area contributed by atoms with Gasteiger partial charge in [0.05, 0.1) is 33.6 Å². The molecule has 0 aromatic heterocycles. The Hall–Kier alpha value is 8.55. The quantitative estimate of drug-likeness (QED) is 0.106. The molecule has 0 spiro atoms. The summed E-state index contributed by atoms with van der Waals surface area (Å²) >= 11 is 73.3. The first-order chi connectivity index (χ1) is 32.5. The van der Waals surface area contributed by atoms with Crippen LogP contribution in [0.25, 0.3) is 0 Å². The van der Waals surface area contributed by atoms with E-state index in [2.05, 4.69) is 125 Å². The van der Waals surface area contributed by atoms with Crippen LogP contribution in [0, 0.1) is 0 Å². The van der Waals surface area contributed by atoms with Crippen molar-refractivity contribution in [3.05, 3.63) is 0 Å². The molecule has 0 aromatic carbocycles. The van der Waals surface area contributed by atoms with Gasteiger partial charge in [-0.25, -0.2) is 0 Å². The minimum absolute atomic E-state index is 0. The van der Waals surface area contributed by atoms with Crippen molar-refractivity contribution >= 4 is 241 Å². The largest absolute Gasteiger partial charge is 6.00 e. The molecule has 0 aliphatic rings. The SMILES string of the molecule is CC(C)(C)OP(=S)([S-])SC(C)(C)C.CC(C)(C)OP(=S)([S-])SC(C)(C)C.CC(C)(C)OP(=S)([S-])SC(C)(C)C.CC(C)(C)OP(=S)([S-])SC(C)(C)C.CC(C)(C)OP(=S)([S-])SC(C)(C)C.CC(C)(C)OP(=S)([S-])SC(C)(C)C.[Mo+6]. The summed E-state index contributed by atoms with van der Waals surface area (Å²) in [4.78, 5) is 0. The molecule has 31 heteroatoms. The van der Waals surface area contributed by atoms with Gasteiger partial charge in [-0.15, -0.1) is 68.3 Å². The molecule has 0 aromatic rings. The molecule has 0 heterocycles. The topological polar surface area (TPSA) is 55.4 Å². The van der Waals surface area contributed by atoms with E-state index in [4.69, 9.17) is 171 Å². The standard InChI is InChI=1S/6C8H19OPS3.Mo/c6*1-7(2,3)9-10(11,12)13-8(4,5)6;/h6*1-6H3,(H,11,12);/q;;;;;;+6/p-6. The fraction of sp³-hybridized carbons (Fsp3) is 1.00. The Morgan fingerprint density at radius 2 is 0.266 bits per heavy atom. The predicted molar refractivity (Wildman–Crippen MR) is 419 cm³/mol. The van der Waals surface area contributed by atoms with Crippen molar-refractivity contribution in [1.29, 1.82) is 0 Å². The summed E-state index contributed by atoms with van der Waals surface area (Å²) in [5.74, 6) is 0. The van der Waals surface area contributed by atoms with E-state index < -0.39 is 28.0 Å². The third-order valence-corrected chi connectivity index (χ3v) is 39.8. The average Bonchev–Trinajstić information content (AvgIpc) is 2.81. The summed E-state index contributed by atoms with van der Waals surface area (Å²) in [5, 5.41) is 0. The van der Waals surface area contributed by atoms with E-state index >= 15 is 0 Å². The van der Waals surface area contributed by atoms with Crippen LogP contribution in [0.1, 0.15) is 249 Å². The van der Waals surface area contributed by atoms with Gasteiger partial charge in [-0.3, -0.25) is 0 Å². The smallest absolute Gasteiger partial charge is 0.709 e. The second kappa shape index (κ2) is 38.3. The van der Waals surface area contributed by atoms with E-state index in [-0.39, 0.29) is 83.2 Å². The first kappa shape index (κ1) is 101. The molecule has 0 amide bonds. The van der Waals surface area contributed by atoms with Gasteiger partial charge in [-0.1, -0.05) is 195 Å². The van der Waals surface area contributed by atoms with E-state index in [1.807, 2.05) is 125 Å². The molecule has 0 radical (unpaired) electrons. The summed E-state index contributed by atoms with van der Waals surface area (Å²) in [6, 6.07) is 0. The fourth-order valence-electron chi connectivity index (χ4n) is 4.14. The monoisotopic (exact) mass is 1640 g/mol. The van der Waals surface area contributed by atoms with Crippen LogP contribution in [0.3, 0.4) is 0 Å². The number of rotatable bonds is 12. The average molecular weight is 1640 g/mol. The van der Waals surface area contributed by atoms with Gasteiger partial charge in [0.1, 0.15) is 0 Å². The van der Waals surface area contributed by atoms with Crippen LogP contribution in [0.2, 0.25) is 0 Å². The van der Waals surface area contributed by atoms with E-state index in [1.54, 1.807) is 68.3 Å².